The Labute approximate surface area is 147 Å². The van der Waals surface area contributed by atoms with Crippen LogP contribution in [0.15, 0.2) is 40.9 Å². The Kier molecular flexibility index (Phi) is 4.55. The van der Waals surface area contributed by atoms with Crippen molar-refractivity contribution in [1.82, 2.24) is 5.16 Å². The summed E-state index contributed by atoms with van der Waals surface area (Å²) in [7, 11) is 0. The van der Waals surface area contributed by atoms with Gasteiger partial charge in [0.25, 0.3) is 5.91 Å². The largest absolute Gasteiger partial charge is 0.360 e. The number of nitrogens with one attached hydrogen (secondary N) is 1. The fraction of sp³-hybridized carbons (Fsp3) is 0.111. The van der Waals surface area contributed by atoms with E-state index in [4.69, 9.17) is 16.1 Å². The molecular weight excluding hydrogens is 350 g/mol. The molecule has 0 saturated carbocycles. The van der Waals surface area contributed by atoms with Crippen molar-refractivity contribution in [2.24, 2.45) is 0 Å². The summed E-state index contributed by atoms with van der Waals surface area (Å²) in [5, 5.41) is 6.97. The van der Waals surface area contributed by atoms with Crippen molar-refractivity contribution in [3.05, 3.63) is 69.9 Å². The molecule has 0 saturated heterocycles. The highest BCUT2D eigenvalue weighted by Crippen LogP contribution is 2.30. The van der Waals surface area contributed by atoms with E-state index in [-0.39, 0.29) is 22.6 Å². The number of aromatic nitrogens is 1. The average molecular weight is 363 g/mol. The summed E-state index contributed by atoms with van der Waals surface area (Å²) in [6.45, 7) is 3.30. The quantitative estimate of drug-likeness (QED) is 0.701. The van der Waals surface area contributed by atoms with Gasteiger partial charge in [-0.1, -0.05) is 22.8 Å². The van der Waals surface area contributed by atoms with Gasteiger partial charge in [-0.2, -0.15) is 0 Å². The minimum absolute atomic E-state index is 0.00665. The van der Waals surface area contributed by atoms with Gasteiger partial charge in [0.2, 0.25) is 0 Å². The fourth-order valence-electron chi connectivity index (χ4n) is 2.43. The molecule has 0 aliphatic carbocycles. The van der Waals surface area contributed by atoms with Gasteiger partial charge < -0.3 is 9.84 Å². The Morgan fingerprint density at radius 1 is 1.20 bits per heavy atom. The van der Waals surface area contributed by atoms with Crippen LogP contribution in [0.1, 0.15) is 21.7 Å². The molecule has 1 aromatic heterocycles. The molecule has 1 amide bonds. The van der Waals surface area contributed by atoms with Gasteiger partial charge in [-0.3, -0.25) is 4.79 Å². The first-order chi connectivity index (χ1) is 11.9. The lowest BCUT2D eigenvalue weighted by Gasteiger charge is -2.10. The zero-order valence-electron chi connectivity index (χ0n) is 13.4. The van der Waals surface area contributed by atoms with Crippen LogP contribution in [0.25, 0.3) is 11.3 Å². The molecule has 0 radical (unpaired) electrons. The lowest BCUT2D eigenvalue weighted by molar-refractivity contribution is 0.102. The number of anilines is 1. The molecule has 0 fully saturated rings. The Hall–Kier alpha value is -2.73. The van der Waals surface area contributed by atoms with Crippen molar-refractivity contribution >= 4 is 23.2 Å². The molecule has 0 aliphatic heterocycles. The summed E-state index contributed by atoms with van der Waals surface area (Å²) >= 11 is 6.05. The zero-order chi connectivity index (χ0) is 18.1. The van der Waals surface area contributed by atoms with Crippen LogP contribution >= 0.6 is 11.6 Å². The topological polar surface area (TPSA) is 55.1 Å². The predicted octanol–water partition coefficient (Wildman–Crippen LogP) is 5.14. The number of amides is 1. The van der Waals surface area contributed by atoms with E-state index < -0.39 is 17.5 Å². The number of hydrogen-bond acceptors (Lipinski definition) is 3. The monoisotopic (exact) mass is 362 g/mol. The molecule has 0 aliphatic rings. The van der Waals surface area contributed by atoms with Gasteiger partial charge in [-0.25, -0.2) is 8.78 Å². The fourth-order valence-corrected chi connectivity index (χ4v) is 2.61. The summed E-state index contributed by atoms with van der Waals surface area (Å²) in [5.41, 5.74) is 1.27. The molecule has 2 aromatic carbocycles. The highest BCUT2D eigenvalue weighted by molar-refractivity contribution is 6.31. The molecule has 0 spiro atoms. The third kappa shape index (κ3) is 3.25. The van der Waals surface area contributed by atoms with E-state index in [0.29, 0.717) is 16.3 Å². The number of rotatable bonds is 3. The highest BCUT2D eigenvalue weighted by Gasteiger charge is 2.24. The highest BCUT2D eigenvalue weighted by atomic mass is 35.5. The second kappa shape index (κ2) is 6.64. The van der Waals surface area contributed by atoms with E-state index in [9.17, 15) is 13.6 Å². The number of halogens is 3. The molecule has 0 unspecified atom stereocenters. The smallest absolute Gasteiger partial charge is 0.261 e. The SMILES string of the molecule is Cc1onc(-c2ccc(F)cc2F)c1C(=O)Nc1cccc(Cl)c1C. The molecule has 1 heterocycles. The van der Waals surface area contributed by atoms with Crippen LogP contribution in [0.2, 0.25) is 5.02 Å². The van der Waals surface area contributed by atoms with Crippen molar-refractivity contribution < 1.29 is 18.1 Å². The Morgan fingerprint density at radius 2 is 1.96 bits per heavy atom. The second-order valence-electron chi connectivity index (χ2n) is 5.45. The van der Waals surface area contributed by atoms with Crippen LogP contribution in [0.4, 0.5) is 14.5 Å². The number of benzene rings is 2. The van der Waals surface area contributed by atoms with Crippen molar-refractivity contribution in [2.75, 3.05) is 5.32 Å². The molecule has 128 valence electrons. The zero-order valence-corrected chi connectivity index (χ0v) is 14.1. The van der Waals surface area contributed by atoms with E-state index >= 15 is 0 Å². The first kappa shape index (κ1) is 17.1. The van der Waals surface area contributed by atoms with Gasteiger partial charge in [0, 0.05) is 22.3 Å². The Balaban J connectivity index is 2.02. The van der Waals surface area contributed by atoms with Crippen LogP contribution in [0.3, 0.4) is 0 Å². The third-order valence-corrected chi connectivity index (χ3v) is 4.20. The van der Waals surface area contributed by atoms with Crippen molar-refractivity contribution in [2.45, 2.75) is 13.8 Å². The van der Waals surface area contributed by atoms with Crippen molar-refractivity contribution in [1.29, 1.82) is 0 Å². The van der Waals surface area contributed by atoms with Crippen molar-refractivity contribution in [3.8, 4) is 11.3 Å². The number of aryl methyl sites for hydroxylation is 1. The van der Waals surface area contributed by atoms with E-state index in [1.807, 2.05) is 0 Å². The minimum atomic E-state index is -0.832. The molecule has 0 bridgehead atoms. The lowest BCUT2D eigenvalue weighted by Crippen LogP contribution is -2.14. The number of carbonyl (C=O) groups is 1. The summed E-state index contributed by atoms with van der Waals surface area (Å²) in [5.74, 6) is -1.86. The van der Waals surface area contributed by atoms with E-state index in [1.165, 1.54) is 13.0 Å². The summed E-state index contributed by atoms with van der Waals surface area (Å²) < 4.78 is 32.2. The standard InChI is InChI=1S/C18H13ClF2N2O2/c1-9-13(19)4-3-5-15(9)22-18(24)16-10(2)25-23-17(16)12-7-6-11(20)8-14(12)21/h3-8H,1-2H3,(H,22,24). The van der Waals surface area contributed by atoms with Crippen molar-refractivity contribution in [3.63, 3.8) is 0 Å². The van der Waals surface area contributed by atoms with Gasteiger partial charge in [0.15, 0.2) is 0 Å². The first-order valence-corrected chi connectivity index (χ1v) is 7.74. The minimum Gasteiger partial charge on any atom is -0.360 e. The Morgan fingerprint density at radius 3 is 2.68 bits per heavy atom. The molecular formula is C18H13ClF2N2O2. The molecule has 3 aromatic rings. The van der Waals surface area contributed by atoms with Gasteiger partial charge in [-0.15, -0.1) is 0 Å². The summed E-state index contributed by atoms with van der Waals surface area (Å²) in [4.78, 5) is 12.7. The number of hydrogen-bond donors (Lipinski definition) is 1. The van der Waals surface area contributed by atoms with E-state index in [0.717, 1.165) is 12.1 Å². The molecule has 1 N–H and O–H groups in total. The van der Waals surface area contributed by atoms with Crippen LogP contribution in [-0.2, 0) is 0 Å². The van der Waals surface area contributed by atoms with Crippen LogP contribution in [-0.4, -0.2) is 11.1 Å². The van der Waals surface area contributed by atoms with Gasteiger partial charge in [0.1, 0.15) is 28.7 Å². The van der Waals surface area contributed by atoms with Crippen LogP contribution in [0.5, 0.6) is 0 Å². The normalized spacial score (nSPS) is 10.8. The maximum Gasteiger partial charge on any atom is 0.261 e. The van der Waals surface area contributed by atoms with Gasteiger partial charge >= 0.3 is 0 Å². The molecule has 4 nitrogen and oxygen atoms in total. The molecule has 0 atom stereocenters. The van der Waals surface area contributed by atoms with E-state index in [2.05, 4.69) is 10.5 Å². The Bertz CT molecular complexity index is 970. The molecule has 7 heteroatoms. The molecule has 3 rings (SSSR count). The predicted molar refractivity (Wildman–Crippen MR) is 90.7 cm³/mol. The average Bonchev–Trinajstić information content (AvgIpc) is 2.93. The number of carbonyl (C=O) groups excluding carboxylic acids is 1. The van der Waals surface area contributed by atoms with Crippen LogP contribution in [0, 0.1) is 25.5 Å². The number of nitrogens with zero attached hydrogens (tertiary/aromatic N) is 1. The first-order valence-electron chi connectivity index (χ1n) is 7.36. The lowest BCUT2D eigenvalue weighted by atomic mass is 10.0. The van der Waals surface area contributed by atoms with Gasteiger partial charge in [0.05, 0.1) is 0 Å². The maximum atomic E-state index is 14.1. The second-order valence-corrected chi connectivity index (χ2v) is 5.86. The summed E-state index contributed by atoms with van der Waals surface area (Å²) in [6, 6.07) is 8.12. The third-order valence-electron chi connectivity index (χ3n) is 3.79. The molecule has 25 heavy (non-hydrogen) atoms. The van der Waals surface area contributed by atoms with Gasteiger partial charge in [-0.05, 0) is 43.7 Å². The summed E-state index contributed by atoms with van der Waals surface area (Å²) in [6.07, 6.45) is 0. The van der Waals surface area contributed by atoms with E-state index in [1.54, 1.807) is 25.1 Å². The maximum absolute atomic E-state index is 14.1. The van der Waals surface area contributed by atoms with Crippen LogP contribution < -0.4 is 5.32 Å².